The van der Waals surface area contributed by atoms with Gasteiger partial charge >= 0.3 is 12.2 Å². The van der Waals surface area contributed by atoms with E-state index in [2.05, 4.69) is 16.6 Å². The monoisotopic (exact) mass is 689 g/mol. The number of amides is 5. The van der Waals surface area contributed by atoms with Gasteiger partial charge in [0.05, 0.1) is 24.1 Å². The Morgan fingerprint density at radius 3 is 2.26 bits per heavy atom. The van der Waals surface area contributed by atoms with Gasteiger partial charge in [-0.15, -0.1) is 6.42 Å². The van der Waals surface area contributed by atoms with Crippen LogP contribution >= 0.6 is 0 Å². The van der Waals surface area contributed by atoms with Crippen molar-refractivity contribution < 1.29 is 38.2 Å². The van der Waals surface area contributed by atoms with E-state index < -0.39 is 65.8 Å². The fourth-order valence-electron chi connectivity index (χ4n) is 6.12. The second kappa shape index (κ2) is 16.5. The van der Waals surface area contributed by atoms with Gasteiger partial charge < -0.3 is 34.6 Å². The van der Waals surface area contributed by atoms with Crippen molar-refractivity contribution in [3.05, 3.63) is 66.2 Å². The zero-order valence-electron chi connectivity index (χ0n) is 29.5. The summed E-state index contributed by atoms with van der Waals surface area (Å²) in [5.41, 5.74) is 0.597. The third kappa shape index (κ3) is 9.32. The molecule has 4 rings (SSSR count). The van der Waals surface area contributed by atoms with Gasteiger partial charge in [0.25, 0.3) is 0 Å². The number of likely N-dealkylation sites (tertiary alicyclic amines) is 2. The Kier molecular flexibility index (Phi) is 12.5. The van der Waals surface area contributed by atoms with Crippen LogP contribution in [0.5, 0.6) is 0 Å². The van der Waals surface area contributed by atoms with Crippen LogP contribution in [0.1, 0.15) is 46.6 Å². The van der Waals surface area contributed by atoms with E-state index in [-0.39, 0.29) is 32.2 Å². The second-order valence-electron chi connectivity index (χ2n) is 13.5. The normalized spacial score (nSPS) is 20.1. The first-order valence-corrected chi connectivity index (χ1v) is 16.7. The number of nitrogens with one attached hydrogen (secondary N) is 2. The van der Waals surface area contributed by atoms with Gasteiger partial charge in [-0.2, -0.15) is 0 Å². The maximum absolute atomic E-state index is 14.5. The van der Waals surface area contributed by atoms with Gasteiger partial charge in [-0.1, -0.05) is 54.5 Å². The van der Waals surface area contributed by atoms with Crippen molar-refractivity contribution in [3.63, 3.8) is 0 Å². The van der Waals surface area contributed by atoms with Crippen LogP contribution in [0.4, 0.5) is 15.3 Å². The molecule has 50 heavy (non-hydrogen) atoms. The number of nitrogens with zero attached hydrogens (tertiary/aromatic N) is 3. The molecule has 2 saturated heterocycles. The van der Waals surface area contributed by atoms with Crippen LogP contribution in [0.25, 0.3) is 0 Å². The summed E-state index contributed by atoms with van der Waals surface area (Å²) in [6.07, 6.45) is 3.62. The smallest absolute Gasteiger partial charge is 0.410 e. The number of carbonyl (C=O) groups excluding carboxylic acids is 5. The van der Waals surface area contributed by atoms with Crippen molar-refractivity contribution >= 4 is 35.6 Å². The Labute approximate surface area is 293 Å². The quantitative estimate of drug-likeness (QED) is 0.340. The molecule has 5 amide bonds. The maximum Gasteiger partial charge on any atom is 0.410 e. The molecule has 0 aliphatic carbocycles. The number of likely N-dealkylation sites (N-methyl/N-ethyl adjacent to an activating group) is 1. The van der Waals surface area contributed by atoms with Gasteiger partial charge in [-0.05, 0) is 58.7 Å². The summed E-state index contributed by atoms with van der Waals surface area (Å²) in [6, 6.07) is 14.6. The maximum atomic E-state index is 14.5. The molecule has 0 bridgehead atoms. The summed E-state index contributed by atoms with van der Waals surface area (Å²) < 4.78 is 16.8. The number of rotatable bonds is 11. The van der Waals surface area contributed by atoms with Gasteiger partial charge in [0.15, 0.2) is 0 Å². The van der Waals surface area contributed by atoms with E-state index in [1.54, 1.807) is 52.0 Å². The Hall–Kier alpha value is -5.09. The van der Waals surface area contributed by atoms with E-state index >= 15 is 0 Å². The first-order chi connectivity index (χ1) is 23.7. The molecule has 268 valence electrons. The average molecular weight is 690 g/mol. The Bertz CT molecular complexity index is 1560. The Balaban J connectivity index is 1.58. The summed E-state index contributed by atoms with van der Waals surface area (Å²) >= 11 is 0. The van der Waals surface area contributed by atoms with Gasteiger partial charge in [0.2, 0.25) is 17.7 Å². The largest absolute Gasteiger partial charge is 0.445 e. The molecule has 0 saturated carbocycles. The van der Waals surface area contributed by atoms with Gasteiger partial charge in [0, 0.05) is 25.8 Å². The molecule has 2 fully saturated rings. The number of anilines is 1. The van der Waals surface area contributed by atoms with Crippen LogP contribution in [0, 0.1) is 18.3 Å². The van der Waals surface area contributed by atoms with Gasteiger partial charge in [0.1, 0.15) is 30.9 Å². The van der Waals surface area contributed by atoms with Crippen molar-refractivity contribution in [2.75, 3.05) is 32.1 Å². The topological polar surface area (TPSA) is 147 Å². The third-order valence-corrected chi connectivity index (χ3v) is 8.83. The molecule has 13 heteroatoms. The first kappa shape index (κ1) is 37.7. The van der Waals surface area contributed by atoms with Crippen molar-refractivity contribution in [2.45, 2.75) is 83.5 Å². The molecule has 2 heterocycles. The summed E-state index contributed by atoms with van der Waals surface area (Å²) in [7, 11) is 1.43. The lowest BCUT2D eigenvalue weighted by Crippen LogP contribution is -2.60. The van der Waals surface area contributed by atoms with Crippen LogP contribution in [0.2, 0.25) is 0 Å². The molecule has 0 unspecified atom stereocenters. The molecule has 2 aromatic rings. The highest BCUT2D eigenvalue weighted by Crippen LogP contribution is 2.37. The fraction of sp³-hybridized carbons (Fsp3) is 0.486. The SMILES string of the molecule is C#CCO[C@H](C)[C@H](NC(=O)[C@H](C)N(C)C(=O)OC(C)(C)C)C(=O)N1CC[C@@H]2[C@H]1[C@@H](C(=O)Nc1ccccc1)CN2C(=O)OCc1ccccc1. The lowest BCUT2D eigenvalue weighted by molar-refractivity contribution is -0.143. The average Bonchev–Trinajstić information content (AvgIpc) is 3.69. The van der Waals surface area contributed by atoms with E-state index in [4.69, 9.17) is 20.6 Å². The van der Waals surface area contributed by atoms with Crippen LogP contribution in [-0.2, 0) is 35.2 Å². The molecular formula is C37H47N5O8. The molecular weight excluding hydrogens is 642 g/mol. The number of ether oxygens (including phenoxy) is 3. The Morgan fingerprint density at radius 1 is 1.00 bits per heavy atom. The highest BCUT2D eigenvalue weighted by molar-refractivity contribution is 5.96. The summed E-state index contributed by atoms with van der Waals surface area (Å²) in [5, 5.41) is 5.68. The van der Waals surface area contributed by atoms with Crippen LogP contribution in [0.3, 0.4) is 0 Å². The number of hydrogen-bond donors (Lipinski definition) is 2. The van der Waals surface area contributed by atoms with Crippen molar-refractivity contribution in [3.8, 4) is 12.3 Å². The second-order valence-corrected chi connectivity index (χ2v) is 13.5. The van der Waals surface area contributed by atoms with Gasteiger partial charge in [-0.25, -0.2) is 9.59 Å². The Morgan fingerprint density at radius 2 is 1.64 bits per heavy atom. The molecule has 2 N–H and O–H groups in total. The summed E-state index contributed by atoms with van der Waals surface area (Å²) in [5.74, 6) is 0.0570. The van der Waals surface area contributed by atoms with Crippen LogP contribution in [-0.4, -0.2) is 107 Å². The number of carbonyl (C=O) groups is 5. The van der Waals surface area contributed by atoms with Crippen molar-refractivity contribution in [2.24, 2.45) is 5.92 Å². The van der Waals surface area contributed by atoms with Crippen molar-refractivity contribution in [1.82, 2.24) is 20.0 Å². The number of fused-ring (bicyclic) bond motifs is 1. The minimum atomic E-state index is -1.24. The molecule has 0 spiro atoms. The van der Waals surface area contributed by atoms with Crippen LogP contribution < -0.4 is 10.6 Å². The highest BCUT2D eigenvalue weighted by Gasteiger charge is 2.55. The molecule has 2 aliphatic rings. The molecule has 13 nitrogen and oxygen atoms in total. The summed E-state index contributed by atoms with van der Waals surface area (Å²) in [6.45, 7) is 8.41. The van der Waals surface area contributed by atoms with E-state index in [9.17, 15) is 24.0 Å². The molecule has 2 aliphatic heterocycles. The van der Waals surface area contributed by atoms with E-state index in [1.165, 1.54) is 23.8 Å². The number of para-hydroxylation sites is 1. The molecule has 2 aromatic carbocycles. The standard InChI is InChI=1S/C37H47N5O8/c1-8-21-48-25(3)30(39-32(43)24(2)40(7)35(46)50-37(4,5)6)34(45)41-20-19-29-31(41)28(33(44)38-27-17-13-10-14-18-27)22-42(29)36(47)49-23-26-15-11-9-12-16-26/h1,9-18,24-25,28-31H,19-23H2,2-7H3,(H,38,44)(H,39,43)/t24-,25+,28-,29+,30-,31+/m0/s1. The zero-order chi connectivity index (χ0) is 36.6. The third-order valence-electron chi connectivity index (χ3n) is 8.83. The number of hydrogen-bond acceptors (Lipinski definition) is 8. The van der Waals surface area contributed by atoms with E-state index in [0.29, 0.717) is 12.1 Å². The predicted molar refractivity (Wildman–Crippen MR) is 185 cm³/mol. The van der Waals surface area contributed by atoms with Crippen LogP contribution in [0.15, 0.2) is 60.7 Å². The zero-order valence-corrected chi connectivity index (χ0v) is 29.5. The van der Waals surface area contributed by atoms with Gasteiger partial charge in [-0.3, -0.25) is 19.3 Å². The fourth-order valence-corrected chi connectivity index (χ4v) is 6.12. The number of benzene rings is 2. The molecule has 6 atom stereocenters. The van der Waals surface area contributed by atoms with E-state index in [1.807, 2.05) is 36.4 Å². The highest BCUT2D eigenvalue weighted by atomic mass is 16.6. The minimum Gasteiger partial charge on any atom is -0.445 e. The van der Waals surface area contributed by atoms with Crippen molar-refractivity contribution in [1.29, 1.82) is 0 Å². The summed E-state index contributed by atoms with van der Waals surface area (Å²) in [4.78, 5) is 72.2. The first-order valence-electron chi connectivity index (χ1n) is 16.7. The molecule has 0 aromatic heterocycles. The lowest BCUT2D eigenvalue weighted by Gasteiger charge is -2.34. The predicted octanol–water partition coefficient (Wildman–Crippen LogP) is 3.64. The lowest BCUT2D eigenvalue weighted by atomic mass is 9.97. The molecule has 0 radical (unpaired) electrons. The minimum absolute atomic E-state index is 0.0172. The van der Waals surface area contributed by atoms with E-state index in [0.717, 1.165) is 10.5 Å². The number of terminal acetylenes is 1.